The lowest BCUT2D eigenvalue weighted by molar-refractivity contribution is -0.144. The van der Waals surface area contributed by atoms with Crippen molar-refractivity contribution in [3.8, 4) is 0 Å². The molecular weight excluding hydrogens is 296 g/mol. The van der Waals surface area contributed by atoms with Crippen molar-refractivity contribution in [3.63, 3.8) is 0 Å². The quantitative estimate of drug-likeness (QED) is 0.776. The first kappa shape index (κ1) is 17.0. The predicted molar refractivity (Wildman–Crippen MR) is 86.2 cm³/mol. The van der Waals surface area contributed by atoms with Gasteiger partial charge in [-0.15, -0.1) is 0 Å². The Kier molecular flexibility index (Phi) is 5.73. The largest absolute Gasteiger partial charge is 0.481 e. The standard InChI is InChI=1S/C17H22N2O4/c1-11(20)19-14-7-4-6-12(9-14)16(21)18-10-13-5-2-3-8-15(13)17(22)23/h4,6-7,9,13,15H,2-3,5,8,10H2,1H3,(H,18,21)(H,19,20)(H,22,23)/t13-,15-/m0/s1. The van der Waals surface area contributed by atoms with E-state index in [0.717, 1.165) is 19.3 Å². The summed E-state index contributed by atoms with van der Waals surface area (Å²) in [5, 5.41) is 14.7. The maximum Gasteiger partial charge on any atom is 0.306 e. The van der Waals surface area contributed by atoms with Crippen LogP contribution in [0.5, 0.6) is 0 Å². The summed E-state index contributed by atoms with van der Waals surface area (Å²) in [4.78, 5) is 34.6. The zero-order valence-electron chi connectivity index (χ0n) is 13.2. The average molecular weight is 318 g/mol. The normalized spacial score (nSPS) is 20.6. The zero-order valence-corrected chi connectivity index (χ0v) is 13.2. The molecule has 0 saturated heterocycles. The third-order valence-electron chi connectivity index (χ3n) is 4.20. The van der Waals surface area contributed by atoms with Crippen LogP contribution in [0, 0.1) is 11.8 Å². The second-order valence-electron chi connectivity index (χ2n) is 5.96. The molecule has 0 radical (unpaired) electrons. The second-order valence-corrected chi connectivity index (χ2v) is 5.96. The van der Waals surface area contributed by atoms with Gasteiger partial charge in [0.2, 0.25) is 5.91 Å². The van der Waals surface area contributed by atoms with Crippen molar-refractivity contribution in [2.45, 2.75) is 32.6 Å². The fourth-order valence-corrected chi connectivity index (χ4v) is 3.04. The Hall–Kier alpha value is -2.37. The van der Waals surface area contributed by atoms with Crippen LogP contribution >= 0.6 is 0 Å². The lowest BCUT2D eigenvalue weighted by Crippen LogP contribution is -2.37. The lowest BCUT2D eigenvalue weighted by Gasteiger charge is -2.28. The molecule has 2 rings (SSSR count). The predicted octanol–water partition coefficient (Wildman–Crippen LogP) is 2.27. The van der Waals surface area contributed by atoms with E-state index < -0.39 is 5.97 Å². The molecule has 0 heterocycles. The molecule has 0 unspecified atom stereocenters. The minimum absolute atomic E-state index is 0.0243. The molecule has 0 aromatic heterocycles. The molecule has 1 saturated carbocycles. The monoisotopic (exact) mass is 318 g/mol. The molecule has 1 aromatic rings. The van der Waals surface area contributed by atoms with Crippen LogP contribution in [0.15, 0.2) is 24.3 Å². The number of rotatable bonds is 5. The number of amides is 2. The van der Waals surface area contributed by atoms with E-state index in [1.54, 1.807) is 24.3 Å². The number of carbonyl (C=O) groups is 3. The topological polar surface area (TPSA) is 95.5 Å². The van der Waals surface area contributed by atoms with Gasteiger partial charge in [-0.05, 0) is 37.0 Å². The smallest absolute Gasteiger partial charge is 0.306 e. The molecule has 0 aliphatic heterocycles. The Balaban J connectivity index is 1.96. The number of carboxylic acid groups (broad SMARTS) is 1. The molecule has 1 aliphatic rings. The van der Waals surface area contributed by atoms with Gasteiger partial charge in [0.15, 0.2) is 0 Å². The van der Waals surface area contributed by atoms with Crippen LogP contribution in [0.1, 0.15) is 43.0 Å². The molecule has 6 heteroatoms. The Labute approximate surface area is 135 Å². The first-order valence-corrected chi connectivity index (χ1v) is 7.86. The summed E-state index contributed by atoms with van der Waals surface area (Å²) in [6, 6.07) is 6.67. The molecule has 23 heavy (non-hydrogen) atoms. The fraction of sp³-hybridized carbons (Fsp3) is 0.471. The van der Waals surface area contributed by atoms with Crippen molar-refractivity contribution >= 4 is 23.5 Å². The average Bonchev–Trinajstić information content (AvgIpc) is 2.52. The van der Waals surface area contributed by atoms with Crippen LogP contribution < -0.4 is 10.6 Å². The number of aliphatic carboxylic acids is 1. The SMILES string of the molecule is CC(=O)Nc1cccc(C(=O)NC[C@@H]2CCCC[C@@H]2C(=O)O)c1. The summed E-state index contributed by atoms with van der Waals surface area (Å²) in [7, 11) is 0. The van der Waals surface area contributed by atoms with Crippen molar-refractivity contribution in [1.82, 2.24) is 5.32 Å². The molecular formula is C17H22N2O4. The van der Waals surface area contributed by atoms with Gasteiger partial charge >= 0.3 is 5.97 Å². The van der Waals surface area contributed by atoms with Crippen molar-refractivity contribution in [2.24, 2.45) is 11.8 Å². The Bertz CT molecular complexity index is 600. The molecule has 2 amide bonds. The highest BCUT2D eigenvalue weighted by molar-refractivity contribution is 5.96. The van der Waals surface area contributed by atoms with Crippen molar-refractivity contribution in [1.29, 1.82) is 0 Å². The van der Waals surface area contributed by atoms with Gasteiger partial charge < -0.3 is 15.7 Å². The number of hydrogen-bond donors (Lipinski definition) is 3. The van der Waals surface area contributed by atoms with Gasteiger partial charge in [0, 0.05) is 24.7 Å². The van der Waals surface area contributed by atoms with Gasteiger partial charge in [-0.2, -0.15) is 0 Å². The molecule has 0 bridgehead atoms. The maximum atomic E-state index is 12.2. The third kappa shape index (κ3) is 4.81. The van der Waals surface area contributed by atoms with E-state index >= 15 is 0 Å². The minimum Gasteiger partial charge on any atom is -0.481 e. The highest BCUT2D eigenvalue weighted by Gasteiger charge is 2.30. The number of anilines is 1. The second kappa shape index (κ2) is 7.76. The van der Waals surface area contributed by atoms with Crippen LogP contribution in [0.25, 0.3) is 0 Å². The molecule has 0 spiro atoms. The number of carboxylic acids is 1. The van der Waals surface area contributed by atoms with Crippen molar-refractivity contribution in [3.05, 3.63) is 29.8 Å². The van der Waals surface area contributed by atoms with Crippen LogP contribution in [-0.2, 0) is 9.59 Å². The summed E-state index contributed by atoms with van der Waals surface area (Å²) >= 11 is 0. The molecule has 124 valence electrons. The molecule has 1 aliphatic carbocycles. The van der Waals surface area contributed by atoms with E-state index in [1.165, 1.54) is 6.92 Å². The Morgan fingerprint density at radius 2 is 1.96 bits per heavy atom. The van der Waals surface area contributed by atoms with Crippen LogP contribution in [0.4, 0.5) is 5.69 Å². The van der Waals surface area contributed by atoms with E-state index in [2.05, 4.69) is 10.6 Å². The first-order chi connectivity index (χ1) is 11.0. The fourth-order valence-electron chi connectivity index (χ4n) is 3.04. The Morgan fingerprint density at radius 3 is 2.65 bits per heavy atom. The first-order valence-electron chi connectivity index (χ1n) is 7.86. The molecule has 1 fully saturated rings. The number of carbonyl (C=O) groups excluding carboxylic acids is 2. The van der Waals surface area contributed by atoms with Gasteiger partial charge in [0.05, 0.1) is 5.92 Å². The van der Waals surface area contributed by atoms with E-state index in [0.29, 0.717) is 24.2 Å². The van der Waals surface area contributed by atoms with Gasteiger partial charge in [-0.1, -0.05) is 18.9 Å². The summed E-state index contributed by atoms with van der Waals surface area (Å²) in [5.41, 5.74) is 1.00. The van der Waals surface area contributed by atoms with Gasteiger partial charge in [0.25, 0.3) is 5.91 Å². The van der Waals surface area contributed by atoms with Crippen molar-refractivity contribution < 1.29 is 19.5 Å². The van der Waals surface area contributed by atoms with E-state index in [1.807, 2.05) is 0 Å². The van der Waals surface area contributed by atoms with E-state index in [9.17, 15) is 19.5 Å². The summed E-state index contributed by atoms with van der Waals surface area (Å²) in [5.74, 6) is -1.64. The number of benzene rings is 1. The molecule has 1 aromatic carbocycles. The third-order valence-corrected chi connectivity index (χ3v) is 4.20. The van der Waals surface area contributed by atoms with Gasteiger partial charge in [0.1, 0.15) is 0 Å². The summed E-state index contributed by atoms with van der Waals surface area (Å²) < 4.78 is 0. The van der Waals surface area contributed by atoms with Crippen molar-refractivity contribution in [2.75, 3.05) is 11.9 Å². The van der Waals surface area contributed by atoms with E-state index in [4.69, 9.17) is 0 Å². The molecule has 6 nitrogen and oxygen atoms in total. The maximum absolute atomic E-state index is 12.2. The summed E-state index contributed by atoms with van der Waals surface area (Å²) in [6.07, 6.45) is 3.43. The minimum atomic E-state index is -0.781. The molecule has 2 atom stereocenters. The Morgan fingerprint density at radius 1 is 1.22 bits per heavy atom. The highest BCUT2D eigenvalue weighted by Crippen LogP contribution is 2.29. The highest BCUT2D eigenvalue weighted by atomic mass is 16.4. The number of nitrogens with one attached hydrogen (secondary N) is 2. The van der Waals surface area contributed by atoms with Crippen LogP contribution in [0.3, 0.4) is 0 Å². The van der Waals surface area contributed by atoms with Gasteiger partial charge in [-0.3, -0.25) is 14.4 Å². The van der Waals surface area contributed by atoms with Gasteiger partial charge in [-0.25, -0.2) is 0 Å². The van der Waals surface area contributed by atoms with E-state index in [-0.39, 0.29) is 23.7 Å². The van der Waals surface area contributed by atoms with Crippen LogP contribution in [0.2, 0.25) is 0 Å². The molecule has 3 N–H and O–H groups in total. The zero-order chi connectivity index (χ0) is 16.8. The summed E-state index contributed by atoms with van der Waals surface area (Å²) in [6.45, 7) is 1.77. The number of hydrogen-bond acceptors (Lipinski definition) is 3. The lowest BCUT2D eigenvalue weighted by atomic mass is 9.79. The van der Waals surface area contributed by atoms with Crippen LogP contribution in [-0.4, -0.2) is 29.4 Å².